The van der Waals surface area contributed by atoms with Crippen LogP contribution in [0, 0.1) is 10.8 Å². The molecule has 0 aromatic heterocycles. The van der Waals surface area contributed by atoms with Gasteiger partial charge in [0.15, 0.2) is 0 Å². The van der Waals surface area contributed by atoms with Crippen LogP contribution in [-0.4, -0.2) is 12.2 Å². The minimum atomic E-state index is 0. The van der Waals surface area contributed by atoms with Crippen LogP contribution in [0.25, 0.3) is 10.8 Å². The van der Waals surface area contributed by atoms with E-state index in [1.54, 1.807) is 0 Å². The third-order valence-corrected chi connectivity index (χ3v) is 1.66. The Morgan fingerprint density at radius 1 is 0.545 bits per heavy atom. The van der Waals surface area contributed by atoms with Crippen molar-refractivity contribution >= 4 is 22.9 Å². The molecule has 0 saturated carbocycles. The normalized spacial score (nSPS) is 5.27. The van der Waals surface area contributed by atoms with Gasteiger partial charge in [0.1, 0.15) is 0 Å². The minimum Gasteiger partial charge on any atom is -0.222 e. The summed E-state index contributed by atoms with van der Waals surface area (Å²) >= 11 is 0. The summed E-state index contributed by atoms with van der Waals surface area (Å²) in [6.45, 7) is 0. The lowest BCUT2D eigenvalue weighted by atomic mass is 10.1. The van der Waals surface area contributed by atoms with Crippen LogP contribution < -0.4 is 0 Å². The minimum absolute atomic E-state index is 0. The molecule has 2 aromatic rings. The molecular formula is C18H34N2O2. The Hall–Kier alpha value is -2.54. The summed E-state index contributed by atoms with van der Waals surface area (Å²) in [5.41, 5.74) is 0. The summed E-state index contributed by atoms with van der Waals surface area (Å²) in [5, 5.41) is 13.4. The number of carbonyl (C=O) groups excluding carboxylic acids is 2. The largest absolute Gasteiger partial charge is 0.231 e. The van der Waals surface area contributed by atoms with Gasteiger partial charge in [-0.15, -0.1) is 0 Å². The highest BCUT2D eigenvalue weighted by atomic mass is 16.1. The molecule has 4 nitrogen and oxygen atoms in total. The molecule has 22 heavy (non-hydrogen) atoms. The van der Waals surface area contributed by atoms with Crippen LogP contribution in [0.1, 0.15) is 44.6 Å². The van der Waals surface area contributed by atoms with Crippen molar-refractivity contribution in [2.45, 2.75) is 44.6 Å². The topological polar surface area (TPSA) is 81.8 Å². The molecule has 2 rings (SSSR count). The predicted octanol–water partition coefficient (Wildman–Crippen LogP) is 6.46. The number of hydrogen-bond donors (Lipinski definition) is 2. The molecule has 0 atom stereocenters. The molecule has 0 aliphatic rings. The Labute approximate surface area is 137 Å². The number of isocyanates is 2. The van der Waals surface area contributed by atoms with Crippen molar-refractivity contribution < 1.29 is 9.59 Å². The maximum absolute atomic E-state index is 8.35. The van der Waals surface area contributed by atoms with E-state index in [2.05, 4.69) is 48.5 Å². The Morgan fingerprint density at radius 3 is 0.818 bits per heavy atom. The molecule has 0 aliphatic carbocycles. The van der Waals surface area contributed by atoms with Crippen LogP contribution in [0.2, 0.25) is 0 Å². The van der Waals surface area contributed by atoms with Crippen LogP contribution in [0.3, 0.4) is 0 Å². The highest BCUT2D eigenvalue weighted by molar-refractivity contribution is 5.81. The number of benzene rings is 2. The second-order valence-electron chi connectivity index (χ2n) is 2.55. The lowest BCUT2D eigenvalue weighted by Crippen LogP contribution is -1.67. The molecule has 0 amide bonds. The van der Waals surface area contributed by atoms with Gasteiger partial charge < -0.3 is 0 Å². The van der Waals surface area contributed by atoms with Gasteiger partial charge in [-0.05, 0) is 10.8 Å². The molecule has 0 heterocycles. The van der Waals surface area contributed by atoms with Crippen molar-refractivity contribution in [1.82, 2.24) is 0 Å². The summed E-state index contributed by atoms with van der Waals surface area (Å²) in [7, 11) is 0. The second-order valence-corrected chi connectivity index (χ2v) is 2.55. The van der Waals surface area contributed by atoms with Gasteiger partial charge in [0.2, 0.25) is 12.2 Å². The van der Waals surface area contributed by atoms with Gasteiger partial charge >= 0.3 is 0 Å². The van der Waals surface area contributed by atoms with Gasteiger partial charge in [0.25, 0.3) is 0 Å². The first-order valence-electron chi connectivity index (χ1n) is 4.31. The van der Waals surface area contributed by atoms with Crippen LogP contribution in [0.5, 0.6) is 0 Å². The molecule has 2 N–H and O–H groups in total. The van der Waals surface area contributed by atoms with Crippen molar-refractivity contribution in [3.63, 3.8) is 0 Å². The number of hydrogen-bond acceptors (Lipinski definition) is 4. The van der Waals surface area contributed by atoms with Crippen LogP contribution in [-0.2, 0) is 9.59 Å². The van der Waals surface area contributed by atoms with E-state index in [4.69, 9.17) is 20.4 Å². The Kier molecular flexibility index (Phi) is 60.3. The SMILES string of the molecule is C.C.C.C.C.C.N=C=O.N=C=O.c1ccc2ccccc2c1. The molecular weight excluding hydrogens is 276 g/mol. The Morgan fingerprint density at radius 2 is 0.682 bits per heavy atom. The lowest BCUT2D eigenvalue weighted by molar-refractivity contribution is 0.562. The van der Waals surface area contributed by atoms with Gasteiger partial charge in [-0.1, -0.05) is 93.1 Å². The van der Waals surface area contributed by atoms with Gasteiger partial charge in [-0.3, -0.25) is 0 Å². The molecule has 0 saturated heterocycles. The van der Waals surface area contributed by atoms with Crippen molar-refractivity contribution in [2.24, 2.45) is 0 Å². The molecule has 0 radical (unpaired) electrons. The lowest BCUT2D eigenvalue weighted by Gasteiger charge is -1.92. The van der Waals surface area contributed by atoms with E-state index >= 15 is 0 Å². The first-order valence-corrected chi connectivity index (χ1v) is 4.31. The summed E-state index contributed by atoms with van der Waals surface area (Å²) in [4.78, 5) is 16.7. The molecule has 4 heteroatoms. The fraction of sp³-hybridized carbons (Fsp3) is 0.333. The number of rotatable bonds is 0. The van der Waals surface area contributed by atoms with E-state index < -0.39 is 0 Å². The van der Waals surface area contributed by atoms with Crippen molar-refractivity contribution in [3.8, 4) is 0 Å². The molecule has 2 aromatic carbocycles. The Bertz CT molecular complexity index is 422. The molecule has 0 fully saturated rings. The smallest absolute Gasteiger partial charge is 0.222 e. The fourth-order valence-corrected chi connectivity index (χ4v) is 1.13. The maximum Gasteiger partial charge on any atom is 0.231 e. The summed E-state index contributed by atoms with van der Waals surface area (Å²) < 4.78 is 0. The third-order valence-electron chi connectivity index (χ3n) is 1.66. The second kappa shape index (κ2) is 31.1. The van der Waals surface area contributed by atoms with E-state index in [0.717, 1.165) is 12.2 Å². The monoisotopic (exact) mass is 310 g/mol. The predicted molar refractivity (Wildman–Crippen MR) is 101 cm³/mol. The zero-order chi connectivity index (χ0) is 12.2. The summed E-state index contributed by atoms with van der Waals surface area (Å²) in [6, 6.07) is 16.7. The van der Waals surface area contributed by atoms with Crippen molar-refractivity contribution in [2.75, 3.05) is 0 Å². The number of fused-ring (bicyclic) bond motifs is 1. The third kappa shape index (κ3) is 19.8. The first kappa shape index (κ1) is 42.7. The average molecular weight is 310 g/mol. The summed E-state index contributed by atoms with van der Waals surface area (Å²) in [6.07, 6.45) is 1.50. The maximum atomic E-state index is 8.35. The first-order chi connectivity index (χ1) is 7.79. The van der Waals surface area contributed by atoms with Crippen LogP contribution >= 0.6 is 0 Å². The summed E-state index contributed by atoms with van der Waals surface area (Å²) in [5.74, 6) is 0. The highest BCUT2D eigenvalue weighted by Gasteiger charge is 1.85. The Balaban J connectivity index is -0.0000000338. The van der Waals surface area contributed by atoms with Gasteiger partial charge in [0.05, 0.1) is 0 Å². The van der Waals surface area contributed by atoms with Gasteiger partial charge in [-0.25, -0.2) is 20.4 Å². The van der Waals surface area contributed by atoms with E-state index in [1.807, 2.05) is 0 Å². The van der Waals surface area contributed by atoms with E-state index in [0.29, 0.717) is 0 Å². The van der Waals surface area contributed by atoms with Crippen LogP contribution in [0.4, 0.5) is 0 Å². The number of nitrogens with one attached hydrogen (secondary N) is 2. The zero-order valence-corrected chi connectivity index (χ0v) is 8.44. The standard InChI is InChI=1S/C10H8.2CHNO.6CH4/c1-2-6-10-8-4-3-7-9(10)5-1;2*2-1-3;;;;;;/h1-8H;2*2H;6*1H4. The zero-order valence-electron chi connectivity index (χ0n) is 8.44. The van der Waals surface area contributed by atoms with Gasteiger partial charge in [-0.2, -0.15) is 0 Å². The van der Waals surface area contributed by atoms with E-state index in [1.165, 1.54) is 10.8 Å². The quantitative estimate of drug-likeness (QED) is 0.432. The van der Waals surface area contributed by atoms with E-state index in [9.17, 15) is 0 Å². The van der Waals surface area contributed by atoms with Crippen molar-refractivity contribution in [1.29, 1.82) is 10.8 Å². The highest BCUT2D eigenvalue weighted by Crippen LogP contribution is 2.11. The molecule has 0 bridgehead atoms. The molecule has 0 aliphatic heterocycles. The van der Waals surface area contributed by atoms with Gasteiger partial charge in [0, 0.05) is 0 Å². The molecule has 128 valence electrons. The molecule has 0 spiro atoms. The molecule has 0 unspecified atom stereocenters. The van der Waals surface area contributed by atoms with Crippen LogP contribution in [0.15, 0.2) is 48.5 Å². The van der Waals surface area contributed by atoms with Crippen molar-refractivity contribution in [3.05, 3.63) is 48.5 Å². The fourth-order valence-electron chi connectivity index (χ4n) is 1.13. The van der Waals surface area contributed by atoms with E-state index in [-0.39, 0.29) is 44.6 Å². The average Bonchev–Trinajstić information content (AvgIpc) is 2.31.